The summed E-state index contributed by atoms with van der Waals surface area (Å²) < 4.78 is 13.5. The Morgan fingerprint density at radius 2 is 1.84 bits per heavy atom. The fourth-order valence-electron chi connectivity index (χ4n) is 2.91. The van der Waals surface area contributed by atoms with Gasteiger partial charge in [-0.3, -0.25) is 4.79 Å². The maximum atomic E-state index is 13.5. The molecule has 0 saturated heterocycles. The highest BCUT2D eigenvalue weighted by molar-refractivity contribution is 5.85. The van der Waals surface area contributed by atoms with Crippen LogP contribution in [0.5, 0.6) is 0 Å². The van der Waals surface area contributed by atoms with Crippen molar-refractivity contribution < 1.29 is 9.18 Å². The van der Waals surface area contributed by atoms with E-state index in [0.29, 0.717) is 5.56 Å². The van der Waals surface area contributed by atoms with Crippen molar-refractivity contribution >= 4 is 12.1 Å². The number of amides is 1. The van der Waals surface area contributed by atoms with Gasteiger partial charge in [-0.25, -0.2) is 9.82 Å². The van der Waals surface area contributed by atoms with Gasteiger partial charge in [0.15, 0.2) is 0 Å². The lowest BCUT2D eigenvalue weighted by Crippen LogP contribution is -2.20. The first-order chi connectivity index (χ1) is 11.9. The van der Waals surface area contributed by atoms with Gasteiger partial charge in [-0.2, -0.15) is 5.10 Å². The summed E-state index contributed by atoms with van der Waals surface area (Å²) in [5.74, 6) is -0.280. The molecule has 1 saturated carbocycles. The van der Waals surface area contributed by atoms with Crippen LogP contribution in [0.15, 0.2) is 53.6 Å². The van der Waals surface area contributed by atoms with Gasteiger partial charge in [-0.1, -0.05) is 63.2 Å². The third kappa shape index (κ3) is 4.13. The monoisotopic (exact) mass is 338 g/mol. The van der Waals surface area contributed by atoms with Crippen LogP contribution in [0.2, 0.25) is 0 Å². The zero-order valence-corrected chi connectivity index (χ0v) is 14.8. The molecule has 0 aromatic heterocycles. The first-order valence-electron chi connectivity index (χ1n) is 8.54. The van der Waals surface area contributed by atoms with Crippen LogP contribution in [0.3, 0.4) is 0 Å². The highest BCUT2D eigenvalue weighted by Gasteiger charge is 2.43. The number of hydrogen-bond donors (Lipinski definition) is 1. The zero-order chi connectivity index (χ0) is 18.0. The summed E-state index contributed by atoms with van der Waals surface area (Å²) in [6, 6.07) is 14.8. The molecule has 2 atom stereocenters. The van der Waals surface area contributed by atoms with Crippen LogP contribution in [-0.2, 0) is 10.2 Å². The van der Waals surface area contributed by atoms with Gasteiger partial charge < -0.3 is 0 Å². The number of nitrogens with zero attached hydrogens (tertiary/aromatic N) is 1. The lowest BCUT2D eigenvalue weighted by molar-refractivity contribution is -0.122. The minimum absolute atomic E-state index is 0.0572. The van der Waals surface area contributed by atoms with E-state index in [9.17, 15) is 9.18 Å². The van der Waals surface area contributed by atoms with E-state index in [1.54, 1.807) is 18.2 Å². The van der Waals surface area contributed by atoms with Gasteiger partial charge in [0.2, 0.25) is 5.91 Å². The van der Waals surface area contributed by atoms with Gasteiger partial charge in [0.05, 0.1) is 6.21 Å². The van der Waals surface area contributed by atoms with Crippen LogP contribution >= 0.6 is 0 Å². The van der Waals surface area contributed by atoms with Crippen molar-refractivity contribution in [2.24, 2.45) is 11.0 Å². The number of hydrogen-bond acceptors (Lipinski definition) is 2. The van der Waals surface area contributed by atoms with Gasteiger partial charge in [-0.15, -0.1) is 0 Å². The van der Waals surface area contributed by atoms with Crippen molar-refractivity contribution in [1.82, 2.24) is 5.43 Å². The molecule has 3 nitrogen and oxygen atoms in total. The topological polar surface area (TPSA) is 41.5 Å². The van der Waals surface area contributed by atoms with E-state index in [4.69, 9.17) is 0 Å². The molecule has 0 radical (unpaired) electrons. The van der Waals surface area contributed by atoms with E-state index in [-0.39, 0.29) is 29.0 Å². The van der Waals surface area contributed by atoms with Gasteiger partial charge in [0, 0.05) is 11.5 Å². The predicted octanol–water partition coefficient (Wildman–Crippen LogP) is 4.38. The molecule has 1 aliphatic rings. The molecule has 130 valence electrons. The molecule has 1 fully saturated rings. The second-order valence-electron chi connectivity index (χ2n) is 7.58. The lowest BCUT2D eigenvalue weighted by Gasteiger charge is -2.19. The summed E-state index contributed by atoms with van der Waals surface area (Å²) in [5, 5.41) is 3.87. The van der Waals surface area contributed by atoms with Crippen LogP contribution in [0.1, 0.15) is 49.8 Å². The van der Waals surface area contributed by atoms with Gasteiger partial charge >= 0.3 is 0 Å². The number of halogens is 1. The van der Waals surface area contributed by atoms with E-state index in [0.717, 1.165) is 6.42 Å². The molecular formula is C21H23FN2O. The standard InChI is InChI=1S/C21H23FN2O/c1-21(2,3)16-10-8-14(9-11-16)17-12-18(17)20(25)24-23-13-15-6-4-5-7-19(15)22/h4-11,13,17-18H,12H2,1-3H3,(H,24,25)/b23-13+/t17-,18+/m1/s1. The second kappa shape index (κ2) is 6.79. The van der Waals surface area contributed by atoms with Crippen LogP contribution < -0.4 is 5.43 Å². The average Bonchev–Trinajstić information content (AvgIpc) is 3.37. The van der Waals surface area contributed by atoms with Crippen LogP contribution in [0.25, 0.3) is 0 Å². The van der Waals surface area contributed by atoms with E-state index >= 15 is 0 Å². The smallest absolute Gasteiger partial charge is 0.243 e. The summed E-state index contributed by atoms with van der Waals surface area (Å²) in [6.07, 6.45) is 2.17. The molecule has 0 spiro atoms. The van der Waals surface area contributed by atoms with Crippen molar-refractivity contribution in [3.05, 3.63) is 71.0 Å². The molecule has 0 heterocycles. The van der Waals surface area contributed by atoms with Crippen molar-refractivity contribution in [2.75, 3.05) is 0 Å². The van der Waals surface area contributed by atoms with Gasteiger partial charge in [-0.05, 0) is 34.9 Å². The number of benzene rings is 2. The van der Waals surface area contributed by atoms with Gasteiger partial charge in [0.25, 0.3) is 0 Å². The van der Waals surface area contributed by atoms with E-state index < -0.39 is 0 Å². The Kier molecular flexibility index (Phi) is 4.71. The maximum absolute atomic E-state index is 13.5. The molecule has 3 rings (SSSR count). The summed E-state index contributed by atoms with van der Waals surface area (Å²) >= 11 is 0. The Labute approximate surface area is 148 Å². The Morgan fingerprint density at radius 1 is 1.16 bits per heavy atom. The van der Waals surface area contributed by atoms with Crippen molar-refractivity contribution in [2.45, 2.75) is 38.5 Å². The molecule has 1 amide bonds. The fraction of sp³-hybridized carbons (Fsp3) is 0.333. The van der Waals surface area contributed by atoms with Crippen molar-refractivity contribution in [3.8, 4) is 0 Å². The number of carbonyl (C=O) groups excluding carboxylic acids is 1. The minimum atomic E-state index is -0.358. The zero-order valence-electron chi connectivity index (χ0n) is 14.8. The second-order valence-corrected chi connectivity index (χ2v) is 7.58. The minimum Gasteiger partial charge on any atom is -0.273 e. The van der Waals surface area contributed by atoms with Crippen LogP contribution in [-0.4, -0.2) is 12.1 Å². The highest BCUT2D eigenvalue weighted by atomic mass is 19.1. The molecule has 4 heteroatoms. The third-order valence-electron chi connectivity index (χ3n) is 4.62. The van der Waals surface area contributed by atoms with E-state index in [1.807, 2.05) is 0 Å². The van der Waals surface area contributed by atoms with Crippen LogP contribution in [0.4, 0.5) is 4.39 Å². The quantitative estimate of drug-likeness (QED) is 0.652. The number of carbonyl (C=O) groups is 1. The number of rotatable bonds is 4. The largest absolute Gasteiger partial charge is 0.273 e. The molecular weight excluding hydrogens is 315 g/mol. The molecule has 2 aromatic carbocycles. The maximum Gasteiger partial charge on any atom is 0.243 e. The molecule has 1 aliphatic carbocycles. The normalized spacial score (nSPS) is 19.8. The summed E-state index contributed by atoms with van der Waals surface area (Å²) in [5.41, 5.74) is 5.47. The Bertz CT molecular complexity index is 790. The number of nitrogens with one attached hydrogen (secondary N) is 1. The SMILES string of the molecule is CC(C)(C)c1ccc([C@H]2C[C@@H]2C(=O)N/N=C/c2ccccc2F)cc1. The molecule has 1 N–H and O–H groups in total. The predicted molar refractivity (Wildman–Crippen MR) is 98.1 cm³/mol. The average molecular weight is 338 g/mol. The molecule has 0 bridgehead atoms. The van der Waals surface area contributed by atoms with Crippen LogP contribution in [0, 0.1) is 11.7 Å². The van der Waals surface area contributed by atoms with Crippen molar-refractivity contribution in [3.63, 3.8) is 0 Å². The van der Waals surface area contributed by atoms with Gasteiger partial charge in [0.1, 0.15) is 5.82 Å². The molecule has 25 heavy (non-hydrogen) atoms. The first-order valence-corrected chi connectivity index (χ1v) is 8.54. The van der Waals surface area contributed by atoms with E-state index in [1.165, 1.54) is 23.4 Å². The molecule has 0 unspecified atom stereocenters. The summed E-state index contributed by atoms with van der Waals surface area (Å²) in [6.45, 7) is 6.55. The molecule has 0 aliphatic heterocycles. The third-order valence-corrected chi connectivity index (χ3v) is 4.62. The Hall–Kier alpha value is -2.49. The van der Waals surface area contributed by atoms with Crippen molar-refractivity contribution in [1.29, 1.82) is 0 Å². The Balaban J connectivity index is 1.56. The summed E-state index contributed by atoms with van der Waals surface area (Å²) in [7, 11) is 0. The molecule has 2 aromatic rings. The first kappa shape index (κ1) is 17.3. The fourth-order valence-corrected chi connectivity index (χ4v) is 2.91. The summed E-state index contributed by atoms with van der Waals surface area (Å²) in [4.78, 5) is 12.2. The number of hydrazone groups is 1. The lowest BCUT2D eigenvalue weighted by atomic mass is 9.86. The van der Waals surface area contributed by atoms with E-state index in [2.05, 4.69) is 55.6 Å². The highest BCUT2D eigenvalue weighted by Crippen LogP contribution is 2.47. The Morgan fingerprint density at radius 3 is 2.48 bits per heavy atom.